The number of nitrogens with one attached hydrogen (secondary N) is 1. The van der Waals surface area contributed by atoms with Crippen LogP contribution in [0.15, 0.2) is 29.6 Å². The second-order valence-corrected chi connectivity index (χ2v) is 7.16. The van der Waals surface area contributed by atoms with E-state index in [9.17, 15) is 18.0 Å². The van der Waals surface area contributed by atoms with Gasteiger partial charge in [0.05, 0.1) is 13.2 Å². The molecule has 0 saturated carbocycles. The zero-order valence-corrected chi connectivity index (χ0v) is 15.6. The lowest BCUT2D eigenvalue weighted by Gasteiger charge is -2.30. The second kappa shape index (κ2) is 8.16. The number of urea groups is 1. The zero-order chi connectivity index (χ0) is 19.4. The molecule has 2 aromatic rings. The third-order valence-electron chi connectivity index (χ3n) is 4.52. The number of carbonyl (C=O) groups excluding carboxylic acids is 1. The maximum atomic E-state index is 12.8. The molecule has 9 heteroatoms. The second-order valence-electron chi connectivity index (χ2n) is 6.30. The van der Waals surface area contributed by atoms with Gasteiger partial charge in [0, 0.05) is 11.9 Å². The monoisotopic (exact) mass is 399 g/mol. The maximum Gasteiger partial charge on any atom is 0.434 e. The minimum absolute atomic E-state index is 0.0509. The van der Waals surface area contributed by atoms with Gasteiger partial charge in [0.25, 0.3) is 0 Å². The number of ether oxygens (including phenoxy) is 1. The maximum absolute atomic E-state index is 12.8. The minimum Gasteiger partial charge on any atom is -0.497 e. The van der Waals surface area contributed by atoms with E-state index < -0.39 is 17.9 Å². The summed E-state index contributed by atoms with van der Waals surface area (Å²) in [5.74, 6) is 0.728. The van der Waals surface area contributed by atoms with Gasteiger partial charge in [0.15, 0.2) is 10.8 Å². The van der Waals surface area contributed by atoms with E-state index in [4.69, 9.17) is 4.74 Å². The molecule has 146 valence electrons. The number of rotatable bonds is 3. The van der Waals surface area contributed by atoms with Crippen molar-refractivity contribution in [3.05, 3.63) is 40.9 Å². The number of likely N-dealkylation sites (tertiary alicyclic amines) is 1. The van der Waals surface area contributed by atoms with Crippen molar-refractivity contribution in [3.63, 3.8) is 0 Å². The fourth-order valence-corrected chi connectivity index (χ4v) is 3.86. The molecule has 2 amide bonds. The number of nitrogens with zero attached hydrogens (tertiary/aromatic N) is 2. The summed E-state index contributed by atoms with van der Waals surface area (Å²) in [7, 11) is 1.59. The molecule has 0 spiro atoms. The Kier molecular flexibility index (Phi) is 5.88. The van der Waals surface area contributed by atoms with E-state index in [0.717, 1.165) is 53.7 Å². The highest BCUT2D eigenvalue weighted by atomic mass is 32.1. The Balaban J connectivity index is 1.77. The van der Waals surface area contributed by atoms with Crippen molar-refractivity contribution >= 4 is 22.5 Å². The van der Waals surface area contributed by atoms with E-state index in [1.807, 2.05) is 24.3 Å². The lowest BCUT2D eigenvalue weighted by molar-refractivity contribution is -0.140. The molecule has 1 aromatic heterocycles. The normalized spacial score (nSPS) is 18.1. The highest BCUT2D eigenvalue weighted by Gasteiger charge is 2.34. The van der Waals surface area contributed by atoms with Gasteiger partial charge in [-0.15, -0.1) is 11.3 Å². The van der Waals surface area contributed by atoms with Gasteiger partial charge in [-0.1, -0.05) is 25.0 Å². The number of anilines is 1. The molecule has 1 unspecified atom stereocenters. The molecule has 27 heavy (non-hydrogen) atoms. The average Bonchev–Trinajstić information content (AvgIpc) is 2.98. The summed E-state index contributed by atoms with van der Waals surface area (Å²) in [6.07, 6.45) is -0.882. The molecular weight excluding hydrogens is 379 g/mol. The predicted molar refractivity (Wildman–Crippen MR) is 97.0 cm³/mol. The van der Waals surface area contributed by atoms with Crippen LogP contribution in [0.25, 0.3) is 0 Å². The van der Waals surface area contributed by atoms with E-state index in [2.05, 4.69) is 10.3 Å². The largest absolute Gasteiger partial charge is 0.497 e. The van der Waals surface area contributed by atoms with Gasteiger partial charge < -0.3 is 9.64 Å². The highest BCUT2D eigenvalue weighted by Crippen LogP contribution is 2.34. The van der Waals surface area contributed by atoms with Crippen molar-refractivity contribution in [1.82, 2.24) is 9.88 Å². The van der Waals surface area contributed by atoms with E-state index in [-0.39, 0.29) is 11.2 Å². The Morgan fingerprint density at radius 1 is 1.26 bits per heavy atom. The van der Waals surface area contributed by atoms with Crippen LogP contribution in [0.4, 0.5) is 23.1 Å². The molecule has 5 nitrogen and oxygen atoms in total. The van der Waals surface area contributed by atoms with Gasteiger partial charge in [-0.3, -0.25) is 5.32 Å². The van der Waals surface area contributed by atoms with Gasteiger partial charge in [-0.05, 0) is 30.5 Å². The Hall–Kier alpha value is -2.29. The molecule has 1 N–H and O–H groups in total. The Morgan fingerprint density at radius 3 is 2.63 bits per heavy atom. The molecule has 1 aliphatic heterocycles. The summed E-state index contributed by atoms with van der Waals surface area (Å²) in [6.45, 7) is 0.542. The van der Waals surface area contributed by atoms with Crippen molar-refractivity contribution in [2.45, 2.75) is 37.9 Å². The SMILES string of the molecule is COc1ccc(C2CCCCCN2C(=O)Nc2nc(C(F)(F)F)cs2)cc1. The van der Waals surface area contributed by atoms with Crippen LogP contribution in [0.2, 0.25) is 0 Å². The minimum atomic E-state index is -4.52. The Morgan fingerprint density at radius 2 is 2.00 bits per heavy atom. The van der Waals surface area contributed by atoms with Crippen molar-refractivity contribution in [1.29, 1.82) is 0 Å². The fraction of sp³-hybridized carbons (Fsp3) is 0.444. The third-order valence-corrected chi connectivity index (χ3v) is 5.28. The van der Waals surface area contributed by atoms with Gasteiger partial charge in [-0.2, -0.15) is 13.2 Å². The molecule has 1 saturated heterocycles. The average molecular weight is 399 g/mol. The van der Waals surface area contributed by atoms with Crippen LogP contribution in [0.3, 0.4) is 0 Å². The Bertz CT molecular complexity index is 777. The number of halogens is 3. The van der Waals surface area contributed by atoms with Crippen LogP contribution < -0.4 is 10.1 Å². The van der Waals surface area contributed by atoms with Gasteiger partial charge in [0.1, 0.15) is 5.75 Å². The summed E-state index contributed by atoms with van der Waals surface area (Å²) in [6, 6.07) is 6.95. The summed E-state index contributed by atoms with van der Waals surface area (Å²) in [5.41, 5.74) is -0.0201. The van der Waals surface area contributed by atoms with Crippen LogP contribution in [-0.2, 0) is 6.18 Å². The molecule has 3 rings (SSSR count). The zero-order valence-electron chi connectivity index (χ0n) is 14.8. The van der Waals surface area contributed by atoms with Crippen LogP contribution in [0.1, 0.15) is 43.0 Å². The number of alkyl halides is 3. The number of hydrogen-bond acceptors (Lipinski definition) is 4. The van der Waals surface area contributed by atoms with Crippen LogP contribution in [-0.4, -0.2) is 29.6 Å². The number of hydrogen-bond donors (Lipinski definition) is 1. The molecule has 2 heterocycles. The van der Waals surface area contributed by atoms with Crippen LogP contribution >= 0.6 is 11.3 Å². The fourth-order valence-electron chi connectivity index (χ4n) is 3.15. The van der Waals surface area contributed by atoms with E-state index in [1.165, 1.54) is 0 Å². The summed E-state index contributed by atoms with van der Waals surface area (Å²) >= 11 is 0.770. The highest BCUT2D eigenvalue weighted by molar-refractivity contribution is 7.13. The number of carbonyl (C=O) groups is 1. The molecule has 1 aromatic carbocycles. The number of aromatic nitrogens is 1. The molecule has 0 radical (unpaired) electrons. The lowest BCUT2D eigenvalue weighted by Crippen LogP contribution is -2.38. The van der Waals surface area contributed by atoms with Crippen molar-refractivity contribution < 1.29 is 22.7 Å². The van der Waals surface area contributed by atoms with Gasteiger partial charge >= 0.3 is 12.2 Å². The van der Waals surface area contributed by atoms with Gasteiger partial charge in [-0.25, -0.2) is 9.78 Å². The van der Waals surface area contributed by atoms with Crippen molar-refractivity contribution in [3.8, 4) is 5.75 Å². The summed E-state index contributed by atoms with van der Waals surface area (Å²) < 4.78 is 43.3. The molecule has 1 atom stereocenters. The first-order valence-corrected chi connectivity index (χ1v) is 9.51. The Labute approximate surface area is 159 Å². The third kappa shape index (κ3) is 4.71. The molecule has 1 aliphatic rings. The first-order valence-electron chi connectivity index (χ1n) is 8.63. The molecule has 0 aliphatic carbocycles. The topological polar surface area (TPSA) is 54.5 Å². The number of thiazole rings is 1. The van der Waals surface area contributed by atoms with Crippen molar-refractivity contribution in [2.24, 2.45) is 0 Å². The summed E-state index contributed by atoms with van der Waals surface area (Å²) in [5, 5.41) is 3.37. The lowest BCUT2D eigenvalue weighted by atomic mass is 10.0. The first-order chi connectivity index (χ1) is 12.9. The standard InChI is InChI=1S/C18H20F3N3O2S/c1-26-13-8-6-12(7-9-13)14-5-3-2-4-10-24(14)17(25)23-16-22-15(11-27-16)18(19,20)21/h6-9,11,14H,2-5,10H2,1H3,(H,22,23,25). The smallest absolute Gasteiger partial charge is 0.434 e. The number of amides is 2. The van der Waals surface area contributed by atoms with E-state index in [1.54, 1.807) is 12.0 Å². The predicted octanol–water partition coefficient (Wildman–Crippen LogP) is 5.32. The summed E-state index contributed by atoms with van der Waals surface area (Å²) in [4.78, 5) is 17.9. The van der Waals surface area contributed by atoms with E-state index in [0.29, 0.717) is 6.54 Å². The van der Waals surface area contributed by atoms with Crippen LogP contribution in [0.5, 0.6) is 5.75 Å². The molecular formula is C18H20F3N3O2S. The number of benzene rings is 1. The first kappa shape index (κ1) is 19.5. The molecule has 0 bridgehead atoms. The number of methoxy groups -OCH3 is 1. The van der Waals surface area contributed by atoms with Crippen LogP contribution in [0, 0.1) is 0 Å². The van der Waals surface area contributed by atoms with Gasteiger partial charge in [0.2, 0.25) is 0 Å². The van der Waals surface area contributed by atoms with Crippen molar-refractivity contribution in [2.75, 3.05) is 19.0 Å². The van der Waals surface area contributed by atoms with E-state index >= 15 is 0 Å². The quantitative estimate of drug-likeness (QED) is 0.760. The molecule has 1 fully saturated rings.